The average Bonchev–Trinajstić information content (AvgIpc) is 3.00. The minimum absolute atomic E-state index is 0.0709. The van der Waals surface area contributed by atoms with E-state index in [-0.39, 0.29) is 13.0 Å². The van der Waals surface area contributed by atoms with Gasteiger partial charge in [0.2, 0.25) is 6.10 Å². The molecule has 0 amide bonds. The van der Waals surface area contributed by atoms with Crippen molar-refractivity contribution in [2.45, 2.75) is 90.5 Å². The van der Waals surface area contributed by atoms with E-state index in [9.17, 15) is 14.7 Å². The molecule has 0 aliphatic carbocycles. The number of ether oxygens (including phenoxy) is 3. The zero-order valence-electron chi connectivity index (χ0n) is 25.8. The Labute approximate surface area is 256 Å². The molecule has 1 atom stereocenters. The topological polar surface area (TPSA) is 117 Å². The average molecular weight is 608 g/mol. The first-order valence-corrected chi connectivity index (χ1v) is 16.9. The number of carboxylic acids is 1. The van der Waals surface area contributed by atoms with Gasteiger partial charge in [-0.1, -0.05) is 51.7 Å². The van der Waals surface area contributed by atoms with Crippen LogP contribution in [0.4, 0.5) is 0 Å². The SMILES string of the molecule is CCCCC(CCCC)[Si](C)Oc1ccc(OCc2ccnc(-c3ccccc3OC)n2)c(CC(OC(C)=O)C(=O)O)c1. The molecule has 3 aromatic rings. The lowest BCUT2D eigenvalue weighted by atomic mass is 10.1. The van der Waals surface area contributed by atoms with Crippen LogP contribution in [0.5, 0.6) is 17.2 Å². The van der Waals surface area contributed by atoms with Crippen molar-refractivity contribution in [1.29, 1.82) is 0 Å². The summed E-state index contributed by atoms with van der Waals surface area (Å²) in [6.45, 7) is 7.90. The van der Waals surface area contributed by atoms with Crippen LogP contribution >= 0.6 is 0 Å². The van der Waals surface area contributed by atoms with E-state index in [0.717, 1.165) is 31.2 Å². The van der Waals surface area contributed by atoms with Crippen molar-refractivity contribution in [1.82, 2.24) is 9.97 Å². The van der Waals surface area contributed by atoms with Crippen molar-refractivity contribution < 1.29 is 33.3 Å². The number of carboxylic acid groups (broad SMARTS) is 1. The van der Waals surface area contributed by atoms with Gasteiger partial charge in [0.25, 0.3) is 9.04 Å². The van der Waals surface area contributed by atoms with E-state index in [1.54, 1.807) is 31.5 Å². The van der Waals surface area contributed by atoms with Crippen LogP contribution in [0, 0.1) is 0 Å². The van der Waals surface area contributed by atoms with Crippen LogP contribution in [0.3, 0.4) is 0 Å². The van der Waals surface area contributed by atoms with Crippen LogP contribution < -0.4 is 13.9 Å². The molecule has 1 N–H and O–H groups in total. The summed E-state index contributed by atoms with van der Waals surface area (Å²) in [5.41, 5.74) is 2.48. The Morgan fingerprint density at radius 2 is 1.72 bits per heavy atom. The second kappa shape index (κ2) is 17.3. The summed E-state index contributed by atoms with van der Waals surface area (Å²) in [6, 6.07) is 14.7. The smallest absolute Gasteiger partial charge is 0.345 e. The van der Waals surface area contributed by atoms with Crippen molar-refractivity contribution in [3.63, 3.8) is 0 Å². The highest BCUT2D eigenvalue weighted by atomic mass is 28.3. The lowest BCUT2D eigenvalue weighted by molar-refractivity contribution is -0.162. The van der Waals surface area contributed by atoms with E-state index in [2.05, 4.69) is 30.4 Å². The van der Waals surface area contributed by atoms with Crippen molar-refractivity contribution in [3.8, 4) is 28.6 Å². The maximum Gasteiger partial charge on any atom is 0.345 e. The molecular weight excluding hydrogens is 564 g/mol. The van der Waals surface area contributed by atoms with Gasteiger partial charge in [-0.3, -0.25) is 4.79 Å². The highest BCUT2D eigenvalue weighted by Gasteiger charge is 2.25. The monoisotopic (exact) mass is 607 g/mol. The number of hydrogen-bond acceptors (Lipinski definition) is 8. The molecular formula is C33H43N2O7Si. The molecule has 231 valence electrons. The second-order valence-corrected chi connectivity index (χ2v) is 12.7. The molecule has 0 bridgehead atoms. The highest BCUT2D eigenvalue weighted by molar-refractivity contribution is 6.52. The first kappa shape index (κ1) is 33.6. The number of nitrogens with zero attached hydrogens (tertiary/aromatic N) is 2. The standard InChI is InChI=1S/C33H43N2O7Si/c1-6-8-12-27(13-9-7-2)43(5)42-26-16-17-29(24(20-26)21-31(33(37)38)41-23(3)36)40-22-25-18-19-34-32(35-25)28-14-10-11-15-30(28)39-4/h10-11,14-20,27,31H,6-9,12-13,21-22H2,1-5H3,(H,37,38). The second-order valence-electron chi connectivity index (χ2n) is 10.5. The van der Waals surface area contributed by atoms with Gasteiger partial charge in [-0.15, -0.1) is 0 Å². The third kappa shape index (κ3) is 10.4. The number of hydrogen-bond donors (Lipinski definition) is 1. The molecule has 1 aromatic heterocycles. The van der Waals surface area contributed by atoms with Crippen molar-refractivity contribution in [2.24, 2.45) is 0 Å². The number of esters is 1. The molecule has 43 heavy (non-hydrogen) atoms. The summed E-state index contributed by atoms with van der Waals surface area (Å²) in [6.07, 6.45) is 7.13. The Morgan fingerprint density at radius 1 is 1.00 bits per heavy atom. The zero-order valence-corrected chi connectivity index (χ0v) is 26.8. The summed E-state index contributed by atoms with van der Waals surface area (Å²) in [5, 5.41) is 9.74. The Bertz CT molecular complexity index is 1330. The normalized spacial score (nSPS) is 11.8. The predicted molar refractivity (Wildman–Crippen MR) is 167 cm³/mol. The van der Waals surface area contributed by atoms with Gasteiger partial charge in [0.15, 0.2) is 5.82 Å². The Hall–Kier alpha value is -3.92. The quantitative estimate of drug-likeness (QED) is 0.120. The molecule has 2 aromatic carbocycles. The van der Waals surface area contributed by atoms with Crippen LogP contribution in [0.25, 0.3) is 11.4 Å². The molecule has 1 heterocycles. The van der Waals surface area contributed by atoms with Gasteiger partial charge in [0.05, 0.1) is 18.4 Å². The summed E-state index contributed by atoms with van der Waals surface area (Å²) in [5.74, 6) is 0.379. The van der Waals surface area contributed by atoms with E-state index >= 15 is 0 Å². The Balaban J connectivity index is 1.86. The number of unbranched alkanes of at least 4 members (excludes halogenated alkanes) is 2. The molecule has 1 radical (unpaired) electrons. The number of aromatic nitrogens is 2. The summed E-state index contributed by atoms with van der Waals surface area (Å²) in [4.78, 5) is 32.6. The third-order valence-electron chi connectivity index (χ3n) is 7.12. The number of methoxy groups -OCH3 is 1. The highest BCUT2D eigenvalue weighted by Crippen LogP contribution is 2.32. The number of para-hydroxylation sites is 1. The third-order valence-corrected chi connectivity index (χ3v) is 9.41. The Kier molecular flexibility index (Phi) is 13.5. The summed E-state index contributed by atoms with van der Waals surface area (Å²) in [7, 11) is 0.419. The maximum absolute atomic E-state index is 11.9. The van der Waals surface area contributed by atoms with Crippen LogP contribution in [-0.2, 0) is 27.4 Å². The van der Waals surface area contributed by atoms with E-state index in [4.69, 9.17) is 18.6 Å². The molecule has 0 aliphatic heterocycles. The molecule has 1 unspecified atom stereocenters. The Morgan fingerprint density at radius 3 is 2.37 bits per heavy atom. The minimum Gasteiger partial charge on any atom is -0.542 e. The summed E-state index contributed by atoms with van der Waals surface area (Å²) < 4.78 is 23.2. The molecule has 0 spiro atoms. The van der Waals surface area contributed by atoms with Crippen LogP contribution in [0.2, 0.25) is 12.1 Å². The molecule has 0 fully saturated rings. The van der Waals surface area contributed by atoms with E-state index in [1.807, 2.05) is 30.3 Å². The van der Waals surface area contributed by atoms with Gasteiger partial charge in [-0.2, -0.15) is 0 Å². The number of benzene rings is 2. The molecule has 0 aliphatic rings. The van der Waals surface area contributed by atoms with Crippen molar-refractivity contribution >= 4 is 21.0 Å². The largest absolute Gasteiger partial charge is 0.542 e. The maximum atomic E-state index is 11.9. The molecule has 10 heteroatoms. The predicted octanol–water partition coefficient (Wildman–Crippen LogP) is 7.04. The van der Waals surface area contributed by atoms with Gasteiger partial charge < -0.3 is 23.7 Å². The van der Waals surface area contributed by atoms with Gasteiger partial charge in [-0.05, 0) is 61.3 Å². The van der Waals surface area contributed by atoms with Gasteiger partial charge in [0, 0.05) is 25.1 Å². The van der Waals surface area contributed by atoms with Crippen molar-refractivity contribution in [3.05, 3.63) is 66.0 Å². The number of carbonyl (C=O) groups is 2. The van der Waals surface area contributed by atoms with Crippen LogP contribution in [-0.4, -0.2) is 49.3 Å². The fourth-order valence-corrected chi connectivity index (χ4v) is 6.69. The molecule has 0 saturated heterocycles. The first-order chi connectivity index (χ1) is 20.7. The van der Waals surface area contributed by atoms with Crippen LogP contribution in [0.15, 0.2) is 54.7 Å². The fourth-order valence-electron chi connectivity index (χ4n) is 4.81. The van der Waals surface area contributed by atoms with E-state index in [1.165, 1.54) is 19.8 Å². The zero-order chi connectivity index (χ0) is 31.2. The van der Waals surface area contributed by atoms with E-state index in [0.29, 0.717) is 39.9 Å². The van der Waals surface area contributed by atoms with Crippen molar-refractivity contribution in [2.75, 3.05) is 7.11 Å². The minimum atomic E-state index is -1.36. The molecule has 9 nitrogen and oxygen atoms in total. The van der Waals surface area contributed by atoms with Gasteiger partial charge >= 0.3 is 11.9 Å². The molecule has 3 rings (SSSR count). The first-order valence-electron chi connectivity index (χ1n) is 14.9. The van der Waals surface area contributed by atoms with Crippen LogP contribution in [0.1, 0.15) is 70.6 Å². The number of rotatable bonds is 18. The van der Waals surface area contributed by atoms with E-state index < -0.39 is 27.1 Å². The summed E-state index contributed by atoms with van der Waals surface area (Å²) >= 11 is 0. The molecule has 0 saturated carbocycles. The number of aliphatic carboxylic acids is 1. The fraction of sp³-hybridized carbons (Fsp3) is 0.455. The lowest BCUT2D eigenvalue weighted by Gasteiger charge is -2.24. The lowest BCUT2D eigenvalue weighted by Crippen LogP contribution is -2.28. The van der Waals surface area contributed by atoms with Gasteiger partial charge in [0.1, 0.15) is 23.9 Å². The van der Waals surface area contributed by atoms with Gasteiger partial charge in [-0.25, -0.2) is 14.8 Å². The number of carbonyl (C=O) groups excluding carboxylic acids is 1.